The highest BCUT2D eigenvalue weighted by Crippen LogP contribution is 2.24. The summed E-state index contributed by atoms with van der Waals surface area (Å²) in [5, 5.41) is 5.97. The minimum absolute atomic E-state index is 0.137. The summed E-state index contributed by atoms with van der Waals surface area (Å²) in [6.45, 7) is 5.99. The SMILES string of the molecule is COC(=O)c1ccc(NC(=O)C2CCN(C(C)C)CC2)c(C(=O)Nc2ccc(Cl)cn2)c1. The van der Waals surface area contributed by atoms with Crippen molar-refractivity contribution in [2.75, 3.05) is 30.8 Å². The molecule has 2 aromatic rings. The van der Waals surface area contributed by atoms with Gasteiger partial charge in [0.15, 0.2) is 0 Å². The molecule has 2 heterocycles. The molecule has 170 valence electrons. The van der Waals surface area contributed by atoms with Crippen LogP contribution < -0.4 is 10.6 Å². The van der Waals surface area contributed by atoms with E-state index in [1.165, 1.54) is 31.5 Å². The molecule has 1 aliphatic heterocycles. The van der Waals surface area contributed by atoms with Crippen LogP contribution >= 0.6 is 11.6 Å². The minimum atomic E-state index is -0.581. The summed E-state index contributed by atoms with van der Waals surface area (Å²) in [5.74, 6) is -1.09. The Labute approximate surface area is 192 Å². The van der Waals surface area contributed by atoms with Gasteiger partial charge in [0.05, 0.1) is 28.9 Å². The maximum atomic E-state index is 13.0. The van der Waals surface area contributed by atoms with Gasteiger partial charge in [0.2, 0.25) is 5.91 Å². The summed E-state index contributed by atoms with van der Waals surface area (Å²) < 4.78 is 4.76. The minimum Gasteiger partial charge on any atom is -0.465 e. The fourth-order valence-corrected chi connectivity index (χ4v) is 3.74. The lowest BCUT2D eigenvalue weighted by molar-refractivity contribution is -0.121. The van der Waals surface area contributed by atoms with E-state index in [0.29, 0.717) is 22.6 Å². The Bertz CT molecular complexity index is 986. The molecule has 0 aliphatic carbocycles. The van der Waals surface area contributed by atoms with Gasteiger partial charge in [0.25, 0.3) is 5.91 Å². The number of ether oxygens (including phenoxy) is 1. The molecular weight excluding hydrogens is 432 g/mol. The average molecular weight is 459 g/mol. The molecule has 0 spiro atoms. The summed E-state index contributed by atoms with van der Waals surface area (Å²) in [5.41, 5.74) is 0.656. The molecule has 0 saturated carbocycles. The second-order valence-electron chi connectivity index (χ2n) is 7.96. The van der Waals surface area contributed by atoms with Gasteiger partial charge in [-0.1, -0.05) is 11.6 Å². The molecule has 2 N–H and O–H groups in total. The lowest BCUT2D eigenvalue weighted by Crippen LogP contribution is -2.41. The van der Waals surface area contributed by atoms with Crippen LogP contribution in [-0.2, 0) is 9.53 Å². The highest BCUT2D eigenvalue weighted by atomic mass is 35.5. The number of piperidine rings is 1. The predicted molar refractivity (Wildman–Crippen MR) is 123 cm³/mol. The topological polar surface area (TPSA) is 101 Å². The maximum Gasteiger partial charge on any atom is 0.337 e. The Hall–Kier alpha value is -2.97. The van der Waals surface area contributed by atoms with Gasteiger partial charge in [-0.3, -0.25) is 9.59 Å². The first-order valence-corrected chi connectivity index (χ1v) is 10.9. The molecule has 1 aromatic carbocycles. The predicted octanol–water partition coefficient (Wildman–Crippen LogP) is 3.83. The number of anilines is 2. The van der Waals surface area contributed by atoms with Crippen LogP contribution in [0.25, 0.3) is 0 Å². The first-order chi connectivity index (χ1) is 15.3. The number of carbonyl (C=O) groups is 3. The number of hydrogen-bond donors (Lipinski definition) is 2. The van der Waals surface area contributed by atoms with Crippen LogP contribution in [0.1, 0.15) is 47.4 Å². The molecule has 1 saturated heterocycles. The number of nitrogens with one attached hydrogen (secondary N) is 2. The number of likely N-dealkylation sites (tertiary alicyclic amines) is 1. The van der Waals surface area contributed by atoms with E-state index in [2.05, 4.69) is 34.4 Å². The van der Waals surface area contributed by atoms with E-state index in [1.807, 2.05) is 0 Å². The van der Waals surface area contributed by atoms with Gasteiger partial charge in [-0.15, -0.1) is 0 Å². The molecule has 0 atom stereocenters. The number of rotatable bonds is 6. The third-order valence-electron chi connectivity index (χ3n) is 5.54. The molecule has 0 radical (unpaired) electrons. The van der Waals surface area contributed by atoms with Crippen molar-refractivity contribution in [1.82, 2.24) is 9.88 Å². The number of amides is 2. The highest BCUT2D eigenvalue weighted by Gasteiger charge is 2.27. The lowest BCUT2D eigenvalue weighted by atomic mass is 9.94. The van der Waals surface area contributed by atoms with Crippen molar-refractivity contribution in [3.63, 3.8) is 0 Å². The normalized spacial score (nSPS) is 14.8. The summed E-state index contributed by atoms with van der Waals surface area (Å²) in [4.78, 5) is 44.2. The van der Waals surface area contributed by atoms with Gasteiger partial charge in [0, 0.05) is 18.2 Å². The number of hydrogen-bond acceptors (Lipinski definition) is 6. The molecule has 1 fully saturated rings. The second kappa shape index (κ2) is 10.6. The van der Waals surface area contributed by atoms with E-state index >= 15 is 0 Å². The van der Waals surface area contributed by atoms with Crippen LogP contribution in [0.2, 0.25) is 5.02 Å². The van der Waals surface area contributed by atoms with Crippen molar-refractivity contribution in [3.05, 3.63) is 52.7 Å². The number of esters is 1. The van der Waals surface area contributed by atoms with Crippen molar-refractivity contribution in [1.29, 1.82) is 0 Å². The first-order valence-electron chi connectivity index (χ1n) is 10.5. The molecule has 9 heteroatoms. The summed E-state index contributed by atoms with van der Waals surface area (Å²) in [6.07, 6.45) is 2.91. The Balaban J connectivity index is 1.80. The number of methoxy groups -OCH3 is 1. The van der Waals surface area contributed by atoms with E-state index < -0.39 is 11.9 Å². The number of carbonyl (C=O) groups excluding carboxylic acids is 3. The van der Waals surface area contributed by atoms with Crippen LogP contribution in [0.15, 0.2) is 36.5 Å². The van der Waals surface area contributed by atoms with E-state index in [4.69, 9.17) is 16.3 Å². The molecule has 0 bridgehead atoms. The van der Waals surface area contributed by atoms with Crippen molar-refractivity contribution in [3.8, 4) is 0 Å². The van der Waals surface area contributed by atoms with Crippen LogP contribution in [0.4, 0.5) is 11.5 Å². The van der Waals surface area contributed by atoms with Gasteiger partial charge in [-0.2, -0.15) is 0 Å². The van der Waals surface area contributed by atoms with Crippen LogP contribution in [0, 0.1) is 5.92 Å². The highest BCUT2D eigenvalue weighted by molar-refractivity contribution is 6.30. The molecule has 8 nitrogen and oxygen atoms in total. The largest absolute Gasteiger partial charge is 0.465 e. The molecule has 32 heavy (non-hydrogen) atoms. The smallest absolute Gasteiger partial charge is 0.337 e. The Morgan fingerprint density at radius 2 is 1.84 bits per heavy atom. The maximum absolute atomic E-state index is 13.0. The number of halogens is 1. The standard InChI is InChI=1S/C23H27ClN4O4/c1-14(2)28-10-8-15(9-11-28)21(29)26-19-6-4-16(23(31)32-3)12-18(19)22(30)27-20-7-5-17(24)13-25-20/h4-7,12-15H,8-11H2,1-3H3,(H,26,29)(H,25,27,30). The summed E-state index contributed by atoms with van der Waals surface area (Å²) in [7, 11) is 1.26. The molecular formula is C23H27ClN4O4. The zero-order valence-electron chi connectivity index (χ0n) is 18.4. The van der Waals surface area contributed by atoms with E-state index in [-0.39, 0.29) is 23.0 Å². The van der Waals surface area contributed by atoms with E-state index in [1.54, 1.807) is 12.1 Å². The molecule has 1 aliphatic rings. The average Bonchev–Trinajstić information content (AvgIpc) is 2.80. The van der Waals surface area contributed by atoms with Crippen LogP contribution in [0.3, 0.4) is 0 Å². The zero-order chi connectivity index (χ0) is 23.3. The van der Waals surface area contributed by atoms with Crippen LogP contribution in [0.5, 0.6) is 0 Å². The van der Waals surface area contributed by atoms with Crippen LogP contribution in [-0.4, -0.2) is 53.9 Å². The van der Waals surface area contributed by atoms with Crippen molar-refractivity contribution in [2.45, 2.75) is 32.7 Å². The van der Waals surface area contributed by atoms with Crippen molar-refractivity contribution >= 4 is 40.9 Å². The van der Waals surface area contributed by atoms with Gasteiger partial charge < -0.3 is 20.3 Å². The van der Waals surface area contributed by atoms with Gasteiger partial charge in [-0.05, 0) is 70.1 Å². The third kappa shape index (κ3) is 5.83. The Morgan fingerprint density at radius 1 is 1.12 bits per heavy atom. The Morgan fingerprint density at radius 3 is 2.44 bits per heavy atom. The Kier molecular flexibility index (Phi) is 7.82. The third-order valence-corrected chi connectivity index (χ3v) is 5.77. The summed E-state index contributed by atoms with van der Waals surface area (Å²) in [6, 6.07) is 8.06. The molecule has 2 amide bonds. The molecule has 0 unspecified atom stereocenters. The van der Waals surface area contributed by atoms with Gasteiger partial charge >= 0.3 is 5.97 Å². The van der Waals surface area contributed by atoms with E-state index in [0.717, 1.165) is 25.9 Å². The summed E-state index contributed by atoms with van der Waals surface area (Å²) >= 11 is 5.84. The molecule has 3 rings (SSSR count). The van der Waals surface area contributed by atoms with E-state index in [9.17, 15) is 14.4 Å². The fourth-order valence-electron chi connectivity index (χ4n) is 3.63. The fraction of sp³-hybridized carbons (Fsp3) is 0.391. The number of benzene rings is 1. The molecule has 1 aromatic heterocycles. The van der Waals surface area contributed by atoms with Gasteiger partial charge in [-0.25, -0.2) is 9.78 Å². The monoisotopic (exact) mass is 458 g/mol. The zero-order valence-corrected chi connectivity index (χ0v) is 19.1. The number of aromatic nitrogens is 1. The van der Waals surface area contributed by atoms with Crippen molar-refractivity contribution in [2.24, 2.45) is 5.92 Å². The number of pyridine rings is 1. The quantitative estimate of drug-likeness (QED) is 0.638. The first kappa shape index (κ1) is 23.7. The van der Waals surface area contributed by atoms with Gasteiger partial charge in [0.1, 0.15) is 5.82 Å². The van der Waals surface area contributed by atoms with Crippen molar-refractivity contribution < 1.29 is 19.1 Å². The lowest BCUT2D eigenvalue weighted by Gasteiger charge is -2.34. The number of nitrogens with zero attached hydrogens (tertiary/aromatic N) is 2. The second-order valence-corrected chi connectivity index (χ2v) is 8.40.